The van der Waals surface area contributed by atoms with Gasteiger partial charge in [0.15, 0.2) is 17.5 Å². The summed E-state index contributed by atoms with van der Waals surface area (Å²) in [6.07, 6.45) is 0. The zero-order valence-corrected chi connectivity index (χ0v) is 34.0. The molecule has 0 aliphatic rings. The van der Waals surface area contributed by atoms with Gasteiger partial charge >= 0.3 is 0 Å². The predicted octanol–water partition coefficient (Wildman–Crippen LogP) is -6.32. The minimum Gasteiger partial charge on any atom is -0.456 e. The van der Waals surface area contributed by atoms with Crippen molar-refractivity contribution in [3.63, 3.8) is 0 Å². The van der Waals surface area contributed by atoms with Crippen LogP contribution in [0.4, 0.5) is 0 Å². The van der Waals surface area contributed by atoms with E-state index in [1.807, 2.05) is 84.9 Å². The topological polar surface area (TPSA) is 51.8 Å². The molecule has 0 N–H and O–H groups in total. The largest absolute Gasteiger partial charge is 0.456 e. The molecular weight excluding hydrogens is 761 g/mol. The van der Waals surface area contributed by atoms with Crippen LogP contribution in [-0.4, -0.2) is 133 Å². The Morgan fingerprint density at radius 2 is 0.594 bits per heavy atom. The second kappa shape index (κ2) is 16.4. The fraction of sp³-hybridized carbons (Fsp3) is 0. The van der Waals surface area contributed by atoms with Crippen LogP contribution in [0.1, 0.15) is 0 Å². The molecule has 0 aliphatic heterocycles. The van der Waals surface area contributed by atoms with Gasteiger partial charge in [-0.05, 0) is 27.8 Å². The highest BCUT2D eigenvalue weighted by Gasteiger charge is 2.29. The van der Waals surface area contributed by atoms with E-state index in [0.717, 1.165) is 11.1 Å². The third-order valence-electron chi connectivity index (χ3n) is 11.6. The molecule has 0 atom stereocenters. The molecule has 9 rings (SSSR count). The number of nitrogens with zero attached hydrogens (tertiary/aromatic N) is 3. The fourth-order valence-electron chi connectivity index (χ4n) is 8.11. The van der Waals surface area contributed by atoms with Crippen LogP contribution in [0.5, 0.6) is 0 Å². The zero-order valence-electron chi connectivity index (χ0n) is 34.0. The summed E-state index contributed by atoms with van der Waals surface area (Å²) in [6.45, 7) is 0. The molecule has 0 aliphatic carbocycles. The Bertz CT molecular complexity index is 3380. The summed E-state index contributed by atoms with van der Waals surface area (Å²) in [7, 11) is 100.0. The van der Waals surface area contributed by atoms with Crippen LogP contribution in [0.25, 0.3) is 89.5 Å². The van der Waals surface area contributed by atoms with E-state index in [2.05, 4.69) is 0 Å². The maximum atomic E-state index is 7.05. The first-order valence-corrected chi connectivity index (χ1v) is 19.5. The van der Waals surface area contributed by atoms with E-state index >= 15 is 0 Å². The number of rotatable bonds is 6. The molecule has 0 amide bonds. The van der Waals surface area contributed by atoms with Gasteiger partial charge in [-0.25, -0.2) is 15.0 Å². The van der Waals surface area contributed by atoms with Crippen LogP contribution < -0.4 is 81.9 Å². The van der Waals surface area contributed by atoms with Gasteiger partial charge in [-0.1, -0.05) is 140 Å². The van der Waals surface area contributed by atoms with Crippen molar-refractivity contribution in [3.8, 4) is 67.5 Å². The van der Waals surface area contributed by atoms with Gasteiger partial charge in [0, 0.05) is 33.0 Å². The minimum absolute atomic E-state index is 0.00464. The molecule has 2 aromatic heterocycles. The highest BCUT2D eigenvalue weighted by molar-refractivity contribution is 6.72. The van der Waals surface area contributed by atoms with E-state index in [0.29, 0.717) is 22.8 Å². The number of furan rings is 1. The molecule has 19 heteroatoms. The smallest absolute Gasteiger partial charge is 0.164 e. The summed E-state index contributed by atoms with van der Waals surface area (Å²) in [5.74, 6) is 0.747. The molecule has 0 saturated carbocycles. The molecule has 9 aromatic rings. The van der Waals surface area contributed by atoms with E-state index in [4.69, 9.17) is 137 Å². The molecule has 64 heavy (non-hydrogen) atoms. The van der Waals surface area contributed by atoms with Crippen molar-refractivity contribution in [3.05, 3.63) is 84.9 Å². The first-order chi connectivity index (χ1) is 30.5. The number of hydrogen-bond donors (Lipinski definition) is 0. The second-order valence-corrected chi connectivity index (χ2v) is 15.2. The summed E-state index contributed by atoms with van der Waals surface area (Å²) < 4.78 is 6.51. The molecule has 260 valence electrons. The monoisotopic (exact) mass is 777 g/mol. The van der Waals surface area contributed by atoms with Gasteiger partial charge in [0.25, 0.3) is 0 Å². The highest BCUT2D eigenvalue weighted by atomic mass is 16.3. The number of benzene rings is 7. The average Bonchev–Trinajstić information content (AvgIpc) is 3.71. The molecule has 0 fully saturated rings. The lowest BCUT2D eigenvalue weighted by Gasteiger charge is -2.27. The Balaban J connectivity index is 1.34. The Labute approximate surface area is 391 Å². The maximum absolute atomic E-state index is 7.05. The molecule has 0 unspecified atom stereocenters. The molecular formula is C45H14B15N3O. The van der Waals surface area contributed by atoms with Crippen LogP contribution in [0.15, 0.2) is 89.3 Å². The lowest BCUT2D eigenvalue weighted by atomic mass is 9.57. The van der Waals surface area contributed by atoms with Crippen molar-refractivity contribution in [1.29, 1.82) is 0 Å². The molecule has 30 radical (unpaired) electrons. The van der Waals surface area contributed by atoms with Crippen LogP contribution in [0.2, 0.25) is 0 Å². The molecule has 2 heterocycles. The summed E-state index contributed by atoms with van der Waals surface area (Å²) in [5.41, 5.74) is 2.91. The van der Waals surface area contributed by atoms with Gasteiger partial charge in [-0.3, -0.25) is 0 Å². The van der Waals surface area contributed by atoms with Gasteiger partial charge in [0.1, 0.15) is 129 Å². The van der Waals surface area contributed by atoms with Crippen LogP contribution >= 0.6 is 0 Å². The van der Waals surface area contributed by atoms with Crippen molar-refractivity contribution in [2.75, 3.05) is 0 Å². The van der Waals surface area contributed by atoms with Gasteiger partial charge in [-0.15, -0.1) is 27.3 Å². The predicted molar refractivity (Wildman–Crippen MR) is 281 cm³/mol. The molecule has 0 bridgehead atoms. The van der Waals surface area contributed by atoms with Gasteiger partial charge in [0.2, 0.25) is 0 Å². The average molecular weight is 775 g/mol. The van der Waals surface area contributed by atoms with E-state index in [-0.39, 0.29) is 138 Å². The van der Waals surface area contributed by atoms with E-state index in [9.17, 15) is 0 Å². The number of fused-ring (bicyclic) bond motifs is 3. The Morgan fingerprint density at radius 3 is 1.14 bits per heavy atom. The van der Waals surface area contributed by atoms with Crippen molar-refractivity contribution in [1.82, 2.24) is 15.0 Å². The Hall–Kier alpha value is -5.68. The van der Waals surface area contributed by atoms with Gasteiger partial charge in [-0.2, -0.15) is 0 Å². The number of aromatic nitrogens is 3. The van der Waals surface area contributed by atoms with Crippen LogP contribution in [-0.2, 0) is 0 Å². The maximum Gasteiger partial charge on any atom is 0.164 e. The first-order valence-electron chi connectivity index (χ1n) is 19.5. The van der Waals surface area contributed by atoms with Gasteiger partial charge < -0.3 is 4.42 Å². The van der Waals surface area contributed by atoms with E-state index < -0.39 is 0 Å². The van der Waals surface area contributed by atoms with Crippen molar-refractivity contribution in [2.24, 2.45) is 0 Å². The number of hydrogen-bond acceptors (Lipinski definition) is 4. The van der Waals surface area contributed by atoms with Gasteiger partial charge in [0.05, 0.1) is 0 Å². The van der Waals surface area contributed by atoms with Crippen molar-refractivity contribution in [2.45, 2.75) is 0 Å². The first kappa shape index (κ1) is 43.6. The van der Waals surface area contributed by atoms with E-state index in [1.54, 1.807) is 0 Å². The fourth-order valence-corrected chi connectivity index (χ4v) is 8.11. The lowest BCUT2D eigenvalue weighted by Crippen LogP contribution is -2.55. The molecule has 0 spiro atoms. The van der Waals surface area contributed by atoms with Crippen LogP contribution in [0.3, 0.4) is 0 Å². The molecule has 4 nitrogen and oxygen atoms in total. The highest BCUT2D eigenvalue weighted by Crippen LogP contribution is 2.37. The van der Waals surface area contributed by atoms with Crippen molar-refractivity contribution >= 4 is 222 Å². The zero-order chi connectivity index (χ0) is 45.6. The Kier molecular flexibility index (Phi) is 11.2. The summed E-state index contributed by atoms with van der Waals surface area (Å²) in [5, 5.41) is 0.335. The third-order valence-corrected chi connectivity index (χ3v) is 11.6. The minimum atomic E-state index is -0.116. The third kappa shape index (κ3) is 6.71. The molecule has 0 saturated heterocycles. The normalized spacial score (nSPS) is 11.4. The summed E-state index contributed by atoms with van der Waals surface area (Å²) in [4.78, 5) is 14.6. The summed E-state index contributed by atoms with van der Waals surface area (Å²) >= 11 is 0. The summed E-state index contributed by atoms with van der Waals surface area (Å²) in [6, 6.07) is 27.1. The standard InChI is InChI=1S/C45H14B15N3O/c46-26-19(20-23-32(52)37(57)39(59)40(60)42(23)64-41(20)24(31(26)51)22-29(49)35(55)38(58)36(56)30(22)50)21-27(47)33(53)25(34(54)28(21)48)45-62-43(17-9-5-2-6-10-17)61-44(63-45)18-13-11-16(12-14-18)15-7-3-1-4-8-15/h1-14H. The Morgan fingerprint density at radius 1 is 0.250 bits per heavy atom. The SMILES string of the molecule is [B]c1c([B])c([B])c(-c2c([B])c([B])c(-c3c([B])c([B])c(-c4nc(-c5ccccc5)nc(-c5ccc(-c6ccccc6)cc5)n4)c([B])c3[B])c3c2oc2c([B])c([B])c([B])c([B])c23)c([B])c1[B]. The molecule has 7 aromatic carbocycles. The van der Waals surface area contributed by atoms with Crippen molar-refractivity contribution < 1.29 is 4.42 Å². The second-order valence-electron chi connectivity index (χ2n) is 15.2. The van der Waals surface area contributed by atoms with E-state index in [1.165, 1.54) is 0 Å². The quantitative estimate of drug-likeness (QED) is 0.158. The van der Waals surface area contributed by atoms with Crippen LogP contribution in [0, 0.1) is 0 Å². The lowest BCUT2D eigenvalue weighted by molar-refractivity contribution is 0.673.